The van der Waals surface area contributed by atoms with E-state index in [1.165, 1.54) is 5.56 Å². The van der Waals surface area contributed by atoms with E-state index in [0.29, 0.717) is 23.4 Å². The summed E-state index contributed by atoms with van der Waals surface area (Å²) in [7, 11) is 1.70. The Hall–Kier alpha value is -2.95. The molecule has 6 N–H and O–H groups in total. The molecule has 0 spiro atoms. The lowest BCUT2D eigenvalue weighted by Crippen LogP contribution is -2.42. The van der Waals surface area contributed by atoms with Gasteiger partial charge in [0.1, 0.15) is 11.3 Å². The molecule has 0 radical (unpaired) electrons. The molecule has 0 amide bonds. The number of hydrogen-bond donors (Lipinski definition) is 4. The molecular weight excluding hydrogens is 406 g/mol. The van der Waals surface area contributed by atoms with Crippen molar-refractivity contribution >= 4 is 22.8 Å². The lowest BCUT2D eigenvalue weighted by molar-refractivity contribution is 0.233. The summed E-state index contributed by atoms with van der Waals surface area (Å²) < 4.78 is 7.53. The van der Waals surface area contributed by atoms with Gasteiger partial charge in [0.15, 0.2) is 11.3 Å². The summed E-state index contributed by atoms with van der Waals surface area (Å²) in [6, 6.07) is 6.39. The summed E-state index contributed by atoms with van der Waals surface area (Å²) in [4.78, 5) is 11.1. The molecule has 172 valence electrons. The number of methoxy groups -OCH3 is 1. The number of nitrogen functional groups attached to an aromatic ring is 1. The van der Waals surface area contributed by atoms with Crippen LogP contribution in [0, 0.1) is 0 Å². The first-order chi connectivity index (χ1) is 15.6. The first kappa shape index (κ1) is 22.3. The molecular formula is C22H33N9O. The van der Waals surface area contributed by atoms with Crippen molar-refractivity contribution in [2.45, 2.75) is 39.0 Å². The molecule has 1 aliphatic heterocycles. The Morgan fingerprint density at radius 1 is 1.22 bits per heavy atom. The van der Waals surface area contributed by atoms with Crippen LogP contribution in [-0.2, 0) is 13.1 Å². The van der Waals surface area contributed by atoms with Crippen molar-refractivity contribution in [3.05, 3.63) is 35.5 Å². The van der Waals surface area contributed by atoms with Crippen LogP contribution in [0.4, 0.5) is 11.8 Å². The van der Waals surface area contributed by atoms with Gasteiger partial charge in [0.2, 0.25) is 5.95 Å². The van der Waals surface area contributed by atoms with Gasteiger partial charge in [-0.3, -0.25) is 9.58 Å². The third-order valence-electron chi connectivity index (χ3n) is 5.65. The molecule has 10 heteroatoms. The van der Waals surface area contributed by atoms with E-state index in [1.807, 2.05) is 10.9 Å². The molecule has 3 heterocycles. The summed E-state index contributed by atoms with van der Waals surface area (Å²) in [6.45, 7) is 7.76. The number of rotatable bonds is 9. The fraction of sp³-hybridized carbons (Fsp3) is 0.500. The topological polar surface area (TPSA) is 132 Å². The van der Waals surface area contributed by atoms with Gasteiger partial charge in [-0.15, -0.1) is 0 Å². The van der Waals surface area contributed by atoms with E-state index in [1.54, 1.807) is 7.11 Å². The van der Waals surface area contributed by atoms with Gasteiger partial charge >= 0.3 is 0 Å². The molecule has 1 aliphatic rings. The van der Waals surface area contributed by atoms with Gasteiger partial charge in [-0.05, 0) is 18.1 Å². The lowest BCUT2D eigenvalue weighted by Gasteiger charge is -2.27. The van der Waals surface area contributed by atoms with E-state index >= 15 is 0 Å². The maximum absolute atomic E-state index is 6.14. The van der Waals surface area contributed by atoms with E-state index < -0.39 is 0 Å². The Labute approximate surface area is 188 Å². The van der Waals surface area contributed by atoms with Crippen molar-refractivity contribution < 1.29 is 4.74 Å². The smallest absolute Gasteiger partial charge is 0.222 e. The molecule has 1 unspecified atom stereocenters. The largest absolute Gasteiger partial charge is 0.496 e. The van der Waals surface area contributed by atoms with Crippen molar-refractivity contribution in [2.75, 3.05) is 44.3 Å². The molecule has 0 aliphatic carbocycles. The van der Waals surface area contributed by atoms with Gasteiger partial charge < -0.3 is 26.8 Å². The van der Waals surface area contributed by atoms with Gasteiger partial charge in [0.25, 0.3) is 0 Å². The van der Waals surface area contributed by atoms with Gasteiger partial charge in [-0.1, -0.05) is 25.5 Å². The van der Waals surface area contributed by atoms with Crippen LogP contribution in [0.2, 0.25) is 0 Å². The highest BCUT2D eigenvalue weighted by molar-refractivity contribution is 5.85. The first-order valence-corrected chi connectivity index (χ1v) is 11.2. The van der Waals surface area contributed by atoms with Gasteiger partial charge in [0, 0.05) is 38.3 Å². The highest BCUT2D eigenvalue weighted by Crippen LogP contribution is 2.25. The lowest BCUT2D eigenvalue weighted by atomic mass is 10.1. The maximum Gasteiger partial charge on any atom is 0.222 e. The standard InChI is InChI=1S/C22H33N9O/c1-3-4-19(23)27-21-20-17(26-22(24)28-21)14-31(29-20)13-16-6-5-15(11-18(16)32-2)12-30-9-7-25-8-10-30/h5-6,11,14,19,25H,3-4,7-10,12-13,23H2,1-2H3,(H3,24,26,27,28). The second-order valence-electron chi connectivity index (χ2n) is 8.20. The number of piperazine rings is 1. The van der Waals surface area contributed by atoms with Gasteiger partial charge in [0.05, 0.1) is 26.0 Å². The second kappa shape index (κ2) is 10.1. The van der Waals surface area contributed by atoms with Crippen molar-refractivity contribution in [1.82, 2.24) is 30.0 Å². The molecule has 4 rings (SSSR count). The van der Waals surface area contributed by atoms with E-state index in [-0.39, 0.29) is 12.1 Å². The SMILES string of the molecule is CCCC(N)Nc1nc(N)nc2cn(Cc3ccc(CN4CCNCC4)cc3OC)nc12. The number of fused-ring (bicyclic) bond motifs is 1. The van der Waals surface area contributed by atoms with Crippen molar-refractivity contribution in [3.63, 3.8) is 0 Å². The van der Waals surface area contributed by atoms with E-state index in [0.717, 1.165) is 56.9 Å². The minimum absolute atomic E-state index is 0.193. The molecule has 0 saturated carbocycles. The minimum atomic E-state index is -0.217. The van der Waals surface area contributed by atoms with Crippen LogP contribution in [0.15, 0.2) is 24.4 Å². The van der Waals surface area contributed by atoms with Gasteiger partial charge in [-0.25, -0.2) is 4.98 Å². The third kappa shape index (κ3) is 5.26. The summed E-state index contributed by atoms with van der Waals surface area (Å²) >= 11 is 0. The average molecular weight is 440 g/mol. The van der Waals surface area contributed by atoms with Crippen LogP contribution in [0.5, 0.6) is 5.75 Å². The summed E-state index contributed by atoms with van der Waals surface area (Å²) in [5, 5.41) is 11.3. The Balaban J connectivity index is 1.54. The molecule has 10 nitrogen and oxygen atoms in total. The highest BCUT2D eigenvalue weighted by Gasteiger charge is 2.15. The number of aromatic nitrogens is 4. The quantitative estimate of drug-likeness (QED) is 0.365. The molecule has 1 fully saturated rings. The molecule has 2 aromatic heterocycles. The van der Waals surface area contributed by atoms with Crippen molar-refractivity contribution in [1.29, 1.82) is 0 Å². The monoisotopic (exact) mass is 439 g/mol. The number of anilines is 2. The van der Waals surface area contributed by atoms with E-state index in [9.17, 15) is 0 Å². The normalized spacial score (nSPS) is 15.7. The van der Waals surface area contributed by atoms with E-state index in [2.05, 4.69) is 50.6 Å². The average Bonchev–Trinajstić information content (AvgIpc) is 3.18. The predicted molar refractivity (Wildman–Crippen MR) is 126 cm³/mol. The zero-order chi connectivity index (χ0) is 22.5. The number of hydrogen-bond acceptors (Lipinski definition) is 9. The van der Waals surface area contributed by atoms with E-state index in [4.69, 9.17) is 21.3 Å². The molecule has 32 heavy (non-hydrogen) atoms. The Morgan fingerprint density at radius 2 is 2.03 bits per heavy atom. The molecule has 1 atom stereocenters. The number of nitrogens with zero attached hydrogens (tertiary/aromatic N) is 5. The van der Waals surface area contributed by atoms with Crippen LogP contribution in [0.1, 0.15) is 30.9 Å². The zero-order valence-corrected chi connectivity index (χ0v) is 18.8. The number of ether oxygens (including phenoxy) is 1. The van der Waals surface area contributed by atoms with Crippen molar-refractivity contribution in [2.24, 2.45) is 5.73 Å². The van der Waals surface area contributed by atoms with Crippen molar-refractivity contribution in [3.8, 4) is 5.75 Å². The van der Waals surface area contributed by atoms with Crippen LogP contribution in [0.25, 0.3) is 11.0 Å². The zero-order valence-electron chi connectivity index (χ0n) is 18.8. The summed E-state index contributed by atoms with van der Waals surface area (Å²) in [5.41, 5.74) is 15.7. The molecule has 1 aromatic carbocycles. The highest BCUT2D eigenvalue weighted by atomic mass is 16.5. The summed E-state index contributed by atoms with van der Waals surface area (Å²) in [5.74, 6) is 1.61. The number of nitrogens with one attached hydrogen (secondary N) is 2. The predicted octanol–water partition coefficient (Wildman–Crippen LogP) is 1.37. The molecule has 3 aromatic rings. The molecule has 0 bridgehead atoms. The molecule has 1 saturated heterocycles. The van der Waals surface area contributed by atoms with Crippen LogP contribution in [-0.4, -0.2) is 64.1 Å². The Morgan fingerprint density at radius 3 is 2.78 bits per heavy atom. The first-order valence-electron chi connectivity index (χ1n) is 11.2. The van der Waals surface area contributed by atoms with Gasteiger partial charge in [-0.2, -0.15) is 10.1 Å². The van der Waals surface area contributed by atoms with Crippen LogP contribution < -0.4 is 26.8 Å². The van der Waals surface area contributed by atoms with Crippen LogP contribution >= 0.6 is 0 Å². The third-order valence-corrected chi connectivity index (χ3v) is 5.65. The van der Waals surface area contributed by atoms with Crippen LogP contribution in [0.3, 0.4) is 0 Å². The number of nitrogens with two attached hydrogens (primary N) is 2. The number of benzene rings is 1. The second-order valence-corrected chi connectivity index (χ2v) is 8.20. The maximum atomic E-state index is 6.14. The fourth-order valence-electron chi connectivity index (χ4n) is 4.04. The Kier molecular flexibility index (Phi) is 7.03. The minimum Gasteiger partial charge on any atom is -0.496 e. The Bertz CT molecular complexity index is 1050. The summed E-state index contributed by atoms with van der Waals surface area (Å²) in [6.07, 6.45) is 3.45. The fourth-order valence-corrected chi connectivity index (χ4v) is 4.04.